The first kappa shape index (κ1) is 16.6. The third-order valence-corrected chi connectivity index (χ3v) is 5.97. The molecule has 1 saturated heterocycles. The lowest BCUT2D eigenvalue weighted by atomic mass is 9.73. The minimum atomic E-state index is -4.26. The second-order valence-electron chi connectivity index (χ2n) is 7.42. The standard InChI is InChI=1S/C21H22F3N/c1-25-13-19-17-10-8-16(21(22,23)24)12-15(17)7-9-18(19)20(25)11-14-5-3-2-4-6-14/h2-6,8,10,12,18-20H,7,9,11,13H2,1H3/t18?,19-,20+/m0/s1. The smallest absolute Gasteiger partial charge is 0.302 e. The molecule has 3 atom stereocenters. The van der Waals surface area contributed by atoms with E-state index in [0.29, 0.717) is 17.9 Å². The van der Waals surface area contributed by atoms with Crippen molar-refractivity contribution in [2.45, 2.75) is 37.4 Å². The number of benzene rings is 2. The monoisotopic (exact) mass is 345 g/mol. The molecule has 0 spiro atoms. The van der Waals surface area contributed by atoms with E-state index >= 15 is 0 Å². The van der Waals surface area contributed by atoms with Crippen molar-refractivity contribution in [1.29, 1.82) is 0 Å². The van der Waals surface area contributed by atoms with E-state index in [1.165, 1.54) is 17.7 Å². The summed E-state index contributed by atoms with van der Waals surface area (Å²) in [5.41, 5.74) is 2.84. The SMILES string of the molecule is CN1C[C@H]2c3ccc(C(F)(F)F)cc3CCC2[C@H]1Cc1ccccc1. The van der Waals surface area contributed by atoms with Crippen molar-refractivity contribution in [3.63, 3.8) is 0 Å². The molecular formula is C21H22F3N. The van der Waals surface area contributed by atoms with Crippen LogP contribution in [0.1, 0.15) is 34.6 Å². The van der Waals surface area contributed by atoms with Crippen LogP contribution in [0.3, 0.4) is 0 Å². The van der Waals surface area contributed by atoms with Gasteiger partial charge in [-0.05, 0) is 61.1 Å². The van der Waals surface area contributed by atoms with Crippen molar-refractivity contribution < 1.29 is 13.2 Å². The van der Waals surface area contributed by atoms with Gasteiger partial charge in [0, 0.05) is 18.5 Å². The van der Waals surface area contributed by atoms with Gasteiger partial charge in [-0.25, -0.2) is 0 Å². The zero-order chi connectivity index (χ0) is 17.6. The molecule has 0 saturated carbocycles. The second-order valence-corrected chi connectivity index (χ2v) is 7.42. The van der Waals surface area contributed by atoms with E-state index in [-0.39, 0.29) is 0 Å². The van der Waals surface area contributed by atoms with E-state index in [0.717, 1.165) is 36.9 Å². The fraction of sp³-hybridized carbons (Fsp3) is 0.429. The summed E-state index contributed by atoms with van der Waals surface area (Å²) in [6.45, 7) is 0.931. The van der Waals surface area contributed by atoms with Crippen LogP contribution in [0.4, 0.5) is 13.2 Å². The Morgan fingerprint density at radius 1 is 1.08 bits per heavy atom. The molecule has 2 aliphatic rings. The molecule has 4 rings (SSSR count). The van der Waals surface area contributed by atoms with Crippen molar-refractivity contribution >= 4 is 0 Å². The molecule has 1 fully saturated rings. The number of likely N-dealkylation sites (N-methyl/N-ethyl adjacent to an activating group) is 1. The number of alkyl halides is 3. The van der Waals surface area contributed by atoms with Gasteiger partial charge in [-0.15, -0.1) is 0 Å². The lowest BCUT2D eigenvalue weighted by Gasteiger charge is -2.32. The molecule has 2 aromatic carbocycles. The van der Waals surface area contributed by atoms with E-state index in [1.54, 1.807) is 6.07 Å². The lowest BCUT2D eigenvalue weighted by Crippen LogP contribution is -2.32. The highest BCUT2D eigenvalue weighted by Crippen LogP contribution is 2.46. The fourth-order valence-corrected chi connectivity index (χ4v) is 4.74. The number of fused-ring (bicyclic) bond motifs is 3. The Hall–Kier alpha value is -1.81. The topological polar surface area (TPSA) is 3.24 Å². The predicted molar refractivity (Wildman–Crippen MR) is 92.6 cm³/mol. The Balaban J connectivity index is 1.60. The van der Waals surface area contributed by atoms with Crippen LogP contribution in [0.2, 0.25) is 0 Å². The molecule has 0 amide bonds. The first-order chi connectivity index (χ1) is 11.9. The van der Waals surface area contributed by atoms with E-state index < -0.39 is 11.7 Å². The third kappa shape index (κ3) is 3.08. The molecule has 132 valence electrons. The highest BCUT2D eigenvalue weighted by molar-refractivity contribution is 5.39. The average Bonchev–Trinajstić information content (AvgIpc) is 2.91. The van der Waals surface area contributed by atoms with Gasteiger partial charge < -0.3 is 4.90 Å². The Morgan fingerprint density at radius 3 is 2.56 bits per heavy atom. The molecule has 25 heavy (non-hydrogen) atoms. The zero-order valence-corrected chi connectivity index (χ0v) is 14.3. The van der Waals surface area contributed by atoms with Crippen molar-refractivity contribution in [1.82, 2.24) is 4.90 Å². The van der Waals surface area contributed by atoms with Gasteiger partial charge >= 0.3 is 6.18 Å². The maximum atomic E-state index is 13.0. The van der Waals surface area contributed by atoms with Gasteiger partial charge in [0.05, 0.1) is 5.56 Å². The van der Waals surface area contributed by atoms with E-state index in [4.69, 9.17) is 0 Å². The van der Waals surface area contributed by atoms with Crippen LogP contribution >= 0.6 is 0 Å². The number of rotatable bonds is 2. The van der Waals surface area contributed by atoms with Crippen LogP contribution in [0, 0.1) is 5.92 Å². The molecular weight excluding hydrogens is 323 g/mol. The number of hydrogen-bond donors (Lipinski definition) is 0. The zero-order valence-electron chi connectivity index (χ0n) is 14.3. The molecule has 1 heterocycles. The van der Waals surface area contributed by atoms with Gasteiger partial charge in [-0.2, -0.15) is 13.2 Å². The first-order valence-electron chi connectivity index (χ1n) is 8.87. The lowest BCUT2D eigenvalue weighted by molar-refractivity contribution is -0.137. The van der Waals surface area contributed by atoms with Crippen molar-refractivity contribution in [2.24, 2.45) is 5.92 Å². The minimum absolute atomic E-state index is 0.352. The van der Waals surface area contributed by atoms with Crippen molar-refractivity contribution in [2.75, 3.05) is 13.6 Å². The summed E-state index contributed by atoms with van der Waals surface area (Å²) < 4.78 is 39.0. The first-order valence-corrected chi connectivity index (χ1v) is 8.87. The predicted octanol–water partition coefficient (Wildman–Crippen LogP) is 4.91. The van der Waals surface area contributed by atoms with Gasteiger partial charge in [0.15, 0.2) is 0 Å². The molecule has 1 aliphatic heterocycles. The van der Waals surface area contributed by atoms with Gasteiger partial charge in [0.2, 0.25) is 0 Å². The summed E-state index contributed by atoms with van der Waals surface area (Å²) in [6, 6.07) is 15.3. The van der Waals surface area contributed by atoms with Crippen LogP contribution in [0.5, 0.6) is 0 Å². The van der Waals surface area contributed by atoms with Crippen molar-refractivity contribution in [3.05, 3.63) is 70.8 Å². The second kappa shape index (κ2) is 6.17. The Labute approximate surface area is 146 Å². The molecule has 1 aliphatic carbocycles. The quantitative estimate of drug-likeness (QED) is 0.748. The van der Waals surface area contributed by atoms with Crippen LogP contribution in [0.25, 0.3) is 0 Å². The maximum Gasteiger partial charge on any atom is 0.416 e. The normalized spacial score (nSPS) is 26.3. The maximum absolute atomic E-state index is 13.0. The minimum Gasteiger partial charge on any atom is -0.302 e. The number of halogens is 3. The number of hydrogen-bond acceptors (Lipinski definition) is 1. The number of nitrogens with zero attached hydrogens (tertiary/aromatic N) is 1. The van der Waals surface area contributed by atoms with Crippen LogP contribution < -0.4 is 0 Å². The largest absolute Gasteiger partial charge is 0.416 e. The Morgan fingerprint density at radius 2 is 1.84 bits per heavy atom. The molecule has 0 bridgehead atoms. The molecule has 4 heteroatoms. The van der Waals surface area contributed by atoms with Gasteiger partial charge in [0.1, 0.15) is 0 Å². The highest BCUT2D eigenvalue weighted by atomic mass is 19.4. The van der Waals surface area contributed by atoms with E-state index in [1.807, 2.05) is 6.07 Å². The van der Waals surface area contributed by atoms with Crippen molar-refractivity contribution in [3.8, 4) is 0 Å². The number of aryl methyl sites for hydroxylation is 1. The molecule has 0 N–H and O–H groups in total. The summed E-state index contributed by atoms with van der Waals surface area (Å²) in [4.78, 5) is 2.40. The summed E-state index contributed by atoms with van der Waals surface area (Å²) in [7, 11) is 2.15. The molecule has 0 aromatic heterocycles. The van der Waals surface area contributed by atoms with Gasteiger partial charge in [-0.1, -0.05) is 36.4 Å². The Kier molecular flexibility index (Phi) is 4.11. The molecule has 1 nitrogen and oxygen atoms in total. The Bertz CT molecular complexity index is 753. The molecule has 2 aromatic rings. The van der Waals surface area contributed by atoms with Gasteiger partial charge in [-0.3, -0.25) is 0 Å². The summed E-state index contributed by atoms with van der Waals surface area (Å²) in [5, 5.41) is 0. The molecule has 1 unspecified atom stereocenters. The number of likely N-dealkylation sites (tertiary alicyclic amines) is 1. The van der Waals surface area contributed by atoms with Crippen LogP contribution in [0.15, 0.2) is 48.5 Å². The van der Waals surface area contributed by atoms with Crippen LogP contribution in [-0.2, 0) is 19.0 Å². The highest BCUT2D eigenvalue weighted by Gasteiger charge is 2.43. The fourth-order valence-electron chi connectivity index (χ4n) is 4.74. The van der Waals surface area contributed by atoms with E-state index in [9.17, 15) is 13.2 Å². The van der Waals surface area contributed by atoms with Gasteiger partial charge in [0.25, 0.3) is 0 Å². The van der Waals surface area contributed by atoms with Crippen LogP contribution in [-0.4, -0.2) is 24.5 Å². The van der Waals surface area contributed by atoms with E-state index in [2.05, 4.69) is 36.2 Å². The molecule has 0 radical (unpaired) electrons. The third-order valence-electron chi connectivity index (χ3n) is 5.97. The summed E-state index contributed by atoms with van der Waals surface area (Å²) in [6.07, 6.45) is -1.52. The summed E-state index contributed by atoms with van der Waals surface area (Å²) in [5.74, 6) is 0.874. The average molecular weight is 345 g/mol. The summed E-state index contributed by atoms with van der Waals surface area (Å²) >= 11 is 0.